The fourth-order valence-corrected chi connectivity index (χ4v) is 4.04. The van der Waals surface area contributed by atoms with Gasteiger partial charge in [0.05, 0.1) is 26.4 Å². The summed E-state index contributed by atoms with van der Waals surface area (Å²) in [6.07, 6.45) is 0. The molecule has 2 aromatic carbocycles. The first-order valence-electron chi connectivity index (χ1n) is 10.9. The largest absolute Gasteiger partial charge is 0.468 e. The van der Waals surface area contributed by atoms with Crippen LogP contribution in [-0.4, -0.2) is 62.2 Å². The van der Waals surface area contributed by atoms with Crippen LogP contribution >= 0.6 is 0 Å². The molecular formula is C24H28N2O7. The third kappa shape index (κ3) is 4.95. The van der Waals surface area contributed by atoms with Crippen molar-refractivity contribution in [2.45, 2.75) is 25.6 Å². The van der Waals surface area contributed by atoms with E-state index in [1.165, 1.54) is 9.96 Å². The second-order valence-electron chi connectivity index (χ2n) is 7.64. The zero-order valence-corrected chi connectivity index (χ0v) is 18.8. The van der Waals surface area contributed by atoms with Gasteiger partial charge in [-0.3, -0.25) is 4.84 Å². The lowest BCUT2D eigenvalue weighted by molar-refractivity contribution is -0.149. The number of esters is 1. The van der Waals surface area contributed by atoms with E-state index in [-0.39, 0.29) is 32.1 Å². The average molecular weight is 456 g/mol. The topological polar surface area (TPSA) is 86.8 Å². The van der Waals surface area contributed by atoms with Gasteiger partial charge in [0.15, 0.2) is 12.8 Å². The van der Waals surface area contributed by atoms with Crippen molar-refractivity contribution in [1.82, 2.24) is 9.96 Å². The Labute approximate surface area is 192 Å². The van der Waals surface area contributed by atoms with Crippen LogP contribution in [0.2, 0.25) is 0 Å². The molecule has 9 heteroatoms. The molecule has 0 unspecified atom stereocenters. The summed E-state index contributed by atoms with van der Waals surface area (Å²) < 4.78 is 21.3. The van der Waals surface area contributed by atoms with Gasteiger partial charge >= 0.3 is 12.0 Å². The molecule has 2 aliphatic rings. The summed E-state index contributed by atoms with van der Waals surface area (Å²) in [4.78, 5) is 33.4. The van der Waals surface area contributed by atoms with Crippen molar-refractivity contribution in [3.8, 4) is 5.75 Å². The number of hydrogen-bond acceptors (Lipinski definition) is 7. The lowest BCUT2D eigenvalue weighted by atomic mass is 9.91. The summed E-state index contributed by atoms with van der Waals surface area (Å²) >= 11 is 0. The third-order valence-corrected chi connectivity index (χ3v) is 5.57. The molecule has 9 nitrogen and oxygen atoms in total. The molecule has 2 heterocycles. The number of ether oxygens (including phenoxy) is 4. The predicted octanol–water partition coefficient (Wildman–Crippen LogP) is 3.21. The Morgan fingerprint density at radius 3 is 2.67 bits per heavy atom. The third-order valence-electron chi connectivity index (χ3n) is 5.57. The number of benzene rings is 2. The number of carbonyl (C=O) groups is 2. The first kappa shape index (κ1) is 23.0. The second-order valence-corrected chi connectivity index (χ2v) is 7.64. The van der Waals surface area contributed by atoms with Gasteiger partial charge in [0.25, 0.3) is 0 Å². The maximum atomic E-state index is 13.2. The lowest BCUT2D eigenvalue weighted by Crippen LogP contribution is -2.39. The fourth-order valence-electron chi connectivity index (χ4n) is 4.04. The number of hydrogen-bond donors (Lipinski definition) is 0. The van der Waals surface area contributed by atoms with E-state index in [0.29, 0.717) is 31.1 Å². The van der Waals surface area contributed by atoms with Crippen LogP contribution in [0.4, 0.5) is 4.79 Å². The van der Waals surface area contributed by atoms with Gasteiger partial charge in [-0.15, -0.1) is 0 Å². The summed E-state index contributed by atoms with van der Waals surface area (Å²) in [6, 6.07) is 13.4. The van der Waals surface area contributed by atoms with Crippen LogP contribution in [0.1, 0.15) is 35.7 Å². The number of urea groups is 1. The number of fused-ring (bicyclic) bond motifs is 4. The van der Waals surface area contributed by atoms with E-state index in [4.69, 9.17) is 23.8 Å². The summed E-state index contributed by atoms with van der Waals surface area (Å²) in [6.45, 7) is 3.48. The highest BCUT2D eigenvalue weighted by Gasteiger charge is 2.51. The Bertz CT molecular complexity index is 969. The first-order chi connectivity index (χ1) is 16.1. The number of hydroxylamine groups is 2. The maximum absolute atomic E-state index is 13.2. The summed E-state index contributed by atoms with van der Waals surface area (Å²) in [5, 5.41) is 1.35. The van der Waals surface area contributed by atoms with Crippen molar-refractivity contribution in [1.29, 1.82) is 0 Å². The van der Waals surface area contributed by atoms with E-state index in [0.717, 1.165) is 11.1 Å². The molecular weight excluding hydrogens is 428 g/mol. The van der Waals surface area contributed by atoms with Crippen LogP contribution in [0, 0.1) is 0 Å². The number of amides is 2. The van der Waals surface area contributed by atoms with Gasteiger partial charge in [0.1, 0.15) is 18.4 Å². The molecule has 0 aliphatic carbocycles. The van der Waals surface area contributed by atoms with E-state index < -0.39 is 12.0 Å². The van der Waals surface area contributed by atoms with Crippen LogP contribution in [0.25, 0.3) is 0 Å². The minimum Gasteiger partial charge on any atom is -0.468 e. The number of rotatable bonds is 11. The Balaban J connectivity index is 1.57. The van der Waals surface area contributed by atoms with Crippen molar-refractivity contribution in [2.75, 3.05) is 40.3 Å². The lowest BCUT2D eigenvalue weighted by Gasteiger charge is -2.31. The number of carbonyl (C=O) groups excluding carboxylic acids is 2. The van der Waals surface area contributed by atoms with Gasteiger partial charge < -0.3 is 23.8 Å². The van der Waals surface area contributed by atoms with Gasteiger partial charge in [-0.2, -0.15) is 5.06 Å². The standard InChI is InChI=1S/C24H28N2O7/c1-3-31-23(27)22-19-10-9-18(32-16-30-12-11-29-2)13-20(19)21-14-25(22)24(28)26(21)33-15-17-7-5-4-6-8-17/h4-10,13,21-22H,3,11-12,14-16H2,1-2H3/t21-,22+/m0/s1. The van der Waals surface area contributed by atoms with Crippen molar-refractivity contribution in [3.63, 3.8) is 0 Å². The minimum atomic E-state index is -0.832. The van der Waals surface area contributed by atoms with Crippen molar-refractivity contribution in [2.24, 2.45) is 0 Å². The molecule has 2 bridgehead atoms. The van der Waals surface area contributed by atoms with Gasteiger partial charge in [-0.25, -0.2) is 9.59 Å². The molecule has 176 valence electrons. The highest BCUT2D eigenvalue weighted by Crippen LogP contribution is 2.45. The van der Waals surface area contributed by atoms with Crippen LogP contribution in [0.3, 0.4) is 0 Å². The zero-order valence-electron chi connectivity index (χ0n) is 18.8. The Kier molecular flexibility index (Phi) is 7.43. The molecule has 0 saturated carbocycles. The molecule has 1 fully saturated rings. The molecule has 0 aromatic heterocycles. The van der Waals surface area contributed by atoms with E-state index in [1.54, 1.807) is 26.2 Å². The van der Waals surface area contributed by atoms with Gasteiger partial charge in [-0.05, 0) is 35.7 Å². The first-order valence-corrected chi connectivity index (χ1v) is 10.9. The highest BCUT2D eigenvalue weighted by molar-refractivity contribution is 5.88. The summed E-state index contributed by atoms with van der Waals surface area (Å²) in [5.74, 6) is 0.108. The Morgan fingerprint density at radius 1 is 1.09 bits per heavy atom. The molecule has 0 N–H and O–H groups in total. The monoisotopic (exact) mass is 456 g/mol. The van der Waals surface area contributed by atoms with Crippen LogP contribution in [0.15, 0.2) is 48.5 Å². The van der Waals surface area contributed by atoms with E-state index >= 15 is 0 Å². The molecule has 33 heavy (non-hydrogen) atoms. The fraction of sp³-hybridized carbons (Fsp3) is 0.417. The molecule has 0 radical (unpaired) electrons. The maximum Gasteiger partial charge on any atom is 0.345 e. The smallest absolute Gasteiger partial charge is 0.345 e. The van der Waals surface area contributed by atoms with Crippen molar-refractivity contribution < 1.29 is 33.4 Å². The summed E-state index contributed by atoms with van der Waals surface area (Å²) in [7, 11) is 1.60. The Hall–Kier alpha value is -3.14. The SMILES string of the molecule is CCOC(=O)[C@H]1c2ccc(OCOCCOC)cc2[C@@H]2CN1C(=O)N2OCc1ccccc1. The van der Waals surface area contributed by atoms with E-state index in [1.807, 2.05) is 36.4 Å². The molecule has 2 aliphatic heterocycles. The normalized spacial score (nSPS) is 18.9. The second kappa shape index (κ2) is 10.7. The molecule has 0 spiro atoms. The average Bonchev–Trinajstić information content (AvgIpc) is 3.11. The van der Waals surface area contributed by atoms with Gasteiger partial charge in [0.2, 0.25) is 0 Å². The quantitative estimate of drug-likeness (QED) is 0.292. The van der Waals surface area contributed by atoms with E-state index in [9.17, 15) is 9.59 Å². The van der Waals surface area contributed by atoms with Crippen LogP contribution in [0.5, 0.6) is 5.75 Å². The van der Waals surface area contributed by atoms with Crippen molar-refractivity contribution >= 4 is 12.0 Å². The molecule has 4 rings (SSSR count). The van der Waals surface area contributed by atoms with E-state index in [2.05, 4.69) is 0 Å². The van der Waals surface area contributed by atoms with Gasteiger partial charge in [0, 0.05) is 7.11 Å². The zero-order chi connectivity index (χ0) is 23.2. The molecule has 2 aromatic rings. The number of methoxy groups -OCH3 is 1. The molecule has 1 saturated heterocycles. The van der Waals surface area contributed by atoms with Gasteiger partial charge in [-0.1, -0.05) is 36.4 Å². The van der Waals surface area contributed by atoms with Crippen molar-refractivity contribution in [3.05, 3.63) is 65.2 Å². The molecule has 2 amide bonds. The molecule has 2 atom stereocenters. The van der Waals surface area contributed by atoms with Crippen LogP contribution < -0.4 is 4.74 Å². The Morgan fingerprint density at radius 2 is 1.91 bits per heavy atom. The minimum absolute atomic E-state index is 0.0629. The predicted molar refractivity (Wildman–Crippen MR) is 117 cm³/mol. The van der Waals surface area contributed by atoms with Crippen LogP contribution in [-0.2, 0) is 30.4 Å². The highest BCUT2D eigenvalue weighted by atomic mass is 16.7. The number of nitrogens with zero attached hydrogens (tertiary/aromatic N) is 2. The summed E-state index contributed by atoms with van der Waals surface area (Å²) in [5.41, 5.74) is 2.43.